The van der Waals surface area contributed by atoms with Crippen molar-refractivity contribution >= 4 is 63.5 Å². The summed E-state index contributed by atoms with van der Waals surface area (Å²) in [5.74, 6) is -1.09. The molecule has 0 aromatic carbocycles. The van der Waals surface area contributed by atoms with E-state index in [2.05, 4.69) is 20.4 Å². The highest BCUT2D eigenvalue weighted by atomic mass is 32.2. The fraction of sp³-hybridized carbons (Fsp3) is 0.364. The minimum absolute atomic E-state index is 0.0895. The van der Waals surface area contributed by atoms with Crippen molar-refractivity contribution in [2.45, 2.75) is 42.5 Å². The number of oxime groups is 1. The minimum atomic E-state index is -1.22. The van der Waals surface area contributed by atoms with Gasteiger partial charge in [-0.25, -0.2) is 9.78 Å². The quantitative estimate of drug-likeness (QED) is 0.0920. The second-order valence-electron chi connectivity index (χ2n) is 8.17. The van der Waals surface area contributed by atoms with Crippen LogP contribution in [-0.4, -0.2) is 73.1 Å². The monoisotopic (exact) mass is 563 g/mol. The topological polar surface area (TPSA) is 197 Å². The zero-order valence-electron chi connectivity index (χ0n) is 19.7. The Morgan fingerprint density at radius 2 is 2.19 bits per heavy atom. The van der Waals surface area contributed by atoms with Crippen LogP contribution in [0.3, 0.4) is 0 Å². The molecule has 4 heterocycles. The SMILES string of the molecule is Cc1sc(N)nc1/C(=N/O)C(=O)N[C@H]1C(=O)N2C(C(=O)O)=C(Sc3ccncc3CSCCN)CCC12. The van der Waals surface area contributed by atoms with Crippen molar-refractivity contribution < 1.29 is 24.7 Å². The standard InChI is InChI=1S/C22H25N7O5S3/c1-10-15(27-22(24)36-10)17(28-34)19(30)26-16-12-2-3-14(18(21(32)33)29(12)20(16)31)37-13-4-6-25-8-11(13)9-35-7-5-23/h4,6,8,12,16,34H,2-3,5,7,9,23H2,1H3,(H2,24,27)(H,26,30)(H,32,33)/b28-17-/t12?,16-/m1/s1. The molecular weight excluding hydrogens is 538 g/mol. The van der Waals surface area contributed by atoms with Gasteiger partial charge in [0.1, 0.15) is 17.4 Å². The Morgan fingerprint density at radius 1 is 1.41 bits per heavy atom. The number of carbonyl (C=O) groups is 3. The summed E-state index contributed by atoms with van der Waals surface area (Å²) in [7, 11) is 0. The van der Waals surface area contributed by atoms with Gasteiger partial charge in [0.05, 0.1) is 6.04 Å². The predicted molar refractivity (Wildman–Crippen MR) is 141 cm³/mol. The van der Waals surface area contributed by atoms with Crippen molar-refractivity contribution in [2.24, 2.45) is 10.9 Å². The van der Waals surface area contributed by atoms with Crippen molar-refractivity contribution in [2.75, 3.05) is 18.0 Å². The largest absolute Gasteiger partial charge is 0.477 e. The molecule has 7 N–H and O–H groups in total. The second kappa shape index (κ2) is 11.5. The molecule has 2 aromatic rings. The van der Waals surface area contributed by atoms with Crippen LogP contribution in [-0.2, 0) is 20.1 Å². The summed E-state index contributed by atoms with van der Waals surface area (Å²) in [4.78, 5) is 49.5. The Bertz CT molecular complexity index is 1300. The van der Waals surface area contributed by atoms with Crippen LogP contribution in [0.5, 0.6) is 0 Å². The van der Waals surface area contributed by atoms with Gasteiger partial charge in [0.15, 0.2) is 10.8 Å². The molecule has 1 unspecified atom stereocenters. The van der Waals surface area contributed by atoms with Crippen LogP contribution in [0.4, 0.5) is 5.13 Å². The van der Waals surface area contributed by atoms with E-state index < -0.39 is 29.9 Å². The third-order valence-corrected chi connectivity index (χ3v) is 8.95. The van der Waals surface area contributed by atoms with Crippen LogP contribution in [0.1, 0.15) is 29.0 Å². The van der Waals surface area contributed by atoms with E-state index in [1.165, 1.54) is 16.7 Å². The van der Waals surface area contributed by atoms with Gasteiger partial charge in [-0.15, -0.1) is 11.3 Å². The van der Waals surface area contributed by atoms with Gasteiger partial charge in [0, 0.05) is 45.1 Å². The Balaban J connectivity index is 1.52. The zero-order chi connectivity index (χ0) is 26.7. The lowest BCUT2D eigenvalue weighted by Crippen LogP contribution is -2.72. The molecule has 0 aliphatic carbocycles. The number of thiazole rings is 1. The lowest BCUT2D eigenvalue weighted by Gasteiger charge is -2.50. The number of hydrogen-bond donors (Lipinski definition) is 5. The number of nitrogens with one attached hydrogen (secondary N) is 1. The molecule has 0 radical (unpaired) electrons. The number of nitrogen functional groups attached to an aromatic ring is 1. The Hall–Kier alpha value is -3.14. The number of hydrogen-bond acceptors (Lipinski definition) is 12. The van der Waals surface area contributed by atoms with E-state index in [9.17, 15) is 24.7 Å². The summed E-state index contributed by atoms with van der Waals surface area (Å²) in [6.07, 6.45) is 4.25. The number of pyridine rings is 1. The number of fused-ring (bicyclic) bond motifs is 1. The van der Waals surface area contributed by atoms with E-state index in [1.54, 1.807) is 31.1 Å². The molecule has 2 aliphatic heterocycles. The Labute approximate surface area is 224 Å². The molecule has 4 rings (SSSR count). The number of carboxylic acid groups (broad SMARTS) is 1. The lowest BCUT2D eigenvalue weighted by atomic mass is 9.86. The molecule has 2 amide bonds. The summed E-state index contributed by atoms with van der Waals surface area (Å²) in [5.41, 5.74) is 11.9. The number of carbonyl (C=O) groups excluding carboxylic acids is 2. The normalized spacial score (nSPS) is 19.5. The van der Waals surface area contributed by atoms with Crippen LogP contribution in [0, 0.1) is 6.92 Å². The number of β-lactam (4-membered cyclic amide) rings is 1. The van der Waals surface area contributed by atoms with Crippen LogP contribution in [0.25, 0.3) is 0 Å². The van der Waals surface area contributed by atoms with Crippen LogP contribution in [0.15, 0.2) is 39.1 Å². The number of rotatable bonds is 10. The number of nitrogens with zero attached hydrogens (tertiary/aromatic N) is 4. The average molecular weight is 564 g/mol. The first-order chi connectivity index (χ1) is 17.8. The number of aryl methyl sites for hydroxylation is 1. The molecule has 0 spiro atoms. The van der Waals surface area contributed by atoms with E-state index in [0.717, 1.165) is 27.5 Å². The van der Waals surface area contributed by atoms with E-state index in [4.69, 9.17) is 11.5 Å². The fourth-order valence-corrected chi connectivity index (χ4v) is 6.89. The van der Waals surface area contributed by atoms with Gasteiger partial charge in [-0.2, -0.15) is 11.8 Å². The van der Waals surface area contributed by atoms with Crippen molar-refractivity contribution in [1.82, 2.24) is 20.2 Å². The van der Waals surface area contributed by atoms with Crippen molar-refractivity contribution in [1.29, 1.82) is 0 Å². The molecular formula is C22H25N7O5S3. The van der Waals surface area contributed by atoms with Gasteiger partial charge in [-0.3, -0.25) is 19.5 Å². The minimum Gasteiger partial charge on any atom is -0.477 e. The maximum absolute atomic E-state index is 13.0. The highest BCUT2D eigenvalue weighted by Crippen LogP contribution is 2.44. The molecule has 1 fully saturated rings. The first-order valence-electron chi connectivity index (χ1n) is 11.2. The number of thioether (sulfide) groups is 2. The third kappa shape index (κ3) is 5.44. The van der Waals surface area contributed by atoms with Crippen molar-refractivity contribution in [3.63, 3.8) is 0 Å². The number of nitrogens with two attached hydrogens (primary N) is 2. The Kier molecular flexibility index (Phi) is 8.36. The van der Waals surface area contributed by atoms with Gasteiger partial charge in [0.25, 0.3) is 11.8 Å². The highest BCUT2D eigenvalue weighted by Gasteiger charge is 2.54. The number of carboxylic acids is 1. The molecule has 196 valence electrons. The molecule has 2 aromatic heterocycles. The summed E-state index contributed by atoms with van der Waals surface area (Å²) in [6.45, 7) is 2.23. The molecule has 15 heteroatoms. The number of amides is 2. The van der Waals surface area contributed by atoms with E-state index in [-0.39, 0.29) is 22.2 Å². The predicted octanol–water partition coefficient (Wildman–Crippen LogP) is 1.38. The van der Waals surface area contributed by atoms with Gasteiger partial charge in [-0.05, 0) is 31.4 Å². The molecule has 1 saturated heterocycles. The van der Waals surface area contributed by atoms with Crippen molar-refractivity contribution in [3.8, 4) is 0 Å². The average Bonchev–Trinajstić information content (AvgIpc) is 3.20. The second-order valence-corrected chi connectivity index (χ2v) is 11.7. The summed E-state index contributed by atoms with van der Waals surface area (Å²) in [6, 6.07) is 0.335. The Morgan fingerprint density at radius 3 is 2.84 bits per heavy atom. The van der Waals surface area contributed by atoms with Gasteiger partial charge >= 0.3 is 5.97 Å². The number of allylic oxidation sites excluding steroid dienone is 1. The highest BCUT2D eigenvalue weighted by molar-refractivity contribution is 8.03. The van der Waals surface area contributed by atoms with Crippen molar-refractivity contribution in [3.05, 3.63) is 45.2 Å². The maximum Gasteiger partial charge on any atom is 0.353 e. The van der Waals surface area contributed by atoms with E-state index in [1.807, 2.05) is 6.07 Å². The van der Waals surface area contributed by atoms with Crippen LogP contribution in [0.2, 0.25) is 0 Å². The number of anilines is 1. The summed E-state index contributed by atoms with van der Waals surface area (Å²) in [5, 5.41) is 25.2. The third-order valence-electron chi connectivity index (χ3n) is 5.85. The first-order valence-corrected chi connectivity index (χ1v) is 14.0. The summed E-state index contributed by atoms with van der Waals surface area (Å²) >= 11 is 4.11. The van der Waals surface area contributed by atoms with E-state index >= 15 is 0 Å². The zero-order valence-corrected chi connectivity index (χ0v) is 22.2. The fourth-order valence-electron chi connectivity index (χ4n) is 4.19. The van der Waals surface area contributed by atoms with Gasteiger partial charge < -0.3 is 27.1 Å². The molecule has 12 nitrogen and oxygen atoms in total. The van der Waals surface area contributed by atoms with Gasteiger partial charge in [0.2, 0.25) is 0 Å². The molecule has 0 saturated carbocycles. The number of aliphatic carboxylic acids is 1. The summed E-state index contributed by atoms with van der Waals surface area (Å²) < 4.78 is 0. The molecule has 37 heavy (non-hydrogen) atoms. The van der Waals surface area contributed by atoms with Crippen LogP contribution < -0.4 is 16.8 Å². The molecule has 2 atom stereocenters. The first kappa shape index (κ1) is 26.9. The maximum atomic E-state index is 13.0. The molecule has 0 bridgehead atoms. The number of aromatic nitrogens is 2. The molecule has 2 aliphatic rings. The smallest absolute Gasteiger partial charge is 0.353 e. The van der Waals surface area contributed by atoms with Gasteiger partial charge in [-0.1, -0.05) is 16.9 Å². The van der Waals surface area contributed by atoms with Crippen LogP contribution >= 0.6 is 34.9 Å². The van der Waals surface area contributed by atoms with E-state index in [0.29, 0.717) is 34.9 Å². The lowest BCUT2D eigenvalue weighted by molar-refractivity contribution is -0.155.